The number of carbonyl (C=O) groups excluding carboxylic acids is 2. The monoisotopic (exact) mass is 661 g/mol. The van der Waals surface area contributed by atoms with Crippen LogP contribution in [0.3, 0.4) is 0 Å². The van der Waals surface area contributed by atoms with Crippen molar-refractivity contribution in [1.82, 2.24) is 0 Å². The van der Waals surface area contributed by atoms with Crippen LogP contribution in [0.5, 0.6) is 0 Å². The average Bonchev–Trinajstić information content (AvgIpc) is 3.05. The first-order valence-electron chi connectivity index (χ1n) is 19.1. The van der Waals surface area contributed by atoms with E-state index in [0.29, 0.717) is 19.3 Å². The lowest BCUT2D eigenvalue weighted by molar-refractivity contribution is -0.152. The van der Waals surface area contributed by atoms with Crippen LogP contribution in [0.25, 0.3) is 0 Å². The van der Waals surface area contributed by atoms with Crippen LogP contribution in [0.1, 0.15) is 168 Å². The zero-order valence-corrected chi connectivity index (χ0v) is 30.6. The Morgan fingerprint density at radius 3 is 1.51 bits per heavy atom. The molecule has 0 unspecified atom stereocenters. The molecule has 6 heteroatoms. The first-order valence-corrected chi connectivity index (χ1v) is 19.1. The summed E-state index contributed by atoms with van der Waals surface area (Å²) in [6.45, 7) is 6.43. The summed E-state index contributed by atoms with van der Waals surface area (Å²) >= 11 is 0. The molecule has 0 aromatic rings. The number of aliphatic hydroxyl groups excluding tert-OH is 2. The van der Waals surface area contributed by atoms with Crippen molar-refractivity contribution in [2.24, 2.45) is 5.92 Å². The molecule has 6 nitrogen and oxygen atoms in total. The quantitative estimate of drug-likeness (QED) is 0.0413. The van der Waals surface area contributed by atoms with Gasteiger partial charge in [-0.25, -0.2) is 0 Å². The number of rotatable bonds is 33. The van der Waals surface area contributed by atoms with Gasteiger partial charge in [0.1, 0.15) is 19.3 Å². The van der Waals surface area contributed by atoms with Gasteiger partial charge < -0.3 is 19.7 Å². The van der Waals surface area contributed by atoms with Crippen LogP contribution in [-0.2, 0) is 19.1 Å². The Morgan fingerprint density at radius 2 is 1.00 bits per heavy atom. The van der Waals surface area contributed by atoms with Crippen molar-refractivity contribution in [1.29, 1.82) is 0 Å². The van der Waals surface area contributed by atoms with Crippen LogP contribution in [0.4, 0.5) is 0 Å². The largest absolute Gasteiger partial charge is 0.463 e. The Hall–Kier alpha value is -2.18. The molecule has 0 aromatic heterocycles. The maximum atomic E-state index is 11.9. The second kappa shape index (κ2) is 35.1. The van der Waals surface area contributed by atoms with Gasteiger partial charge in [0, 0.05) is 12.8 Å². The first kappa shape index (κ1) is 44.8. The molecule has 0 saturated carbocycles. The van der Waals surface area contributed by atoms with E-state index in [9.17, 15) is 19.8 Å². The van der Waals surface area contributed by atoms with Crippen LogP contribution in [-0.4, -0.2) is 47.6 Å². The minimum absolute atomic E-state index is 0.143. The van der Waals surface area contributed by atoms with Crippen molar-refractivity contribution in [3.05, 3.63) is 48.6 Å². The van der Waals surface area contributed by atoms with Crippen molar-refractivity contribution in [2.75, 3.05) is 13.2 Å². The van der Waals surface area contributed by atoms with Gasteiger partial charge >= 0.3 is 11.9 Å². The van der Waals surface area contributed by atoms with Gasteiger partial charge in [0.25, 0.3) is 0 Å². The van der Waals surface area contributed by atoms with E-state index < -0.39 is 6.10 Å². The minimum atomic E-state index is -0.996. The van der Waals surface area contributed by atoms with Gasteiger partial charge in [0.05, 0.1) is 6.10 Å². The molecule has 0 aliphatic heterocycles. The summed E-state index contributed by atoms with van der Waals surface area (Å²) in [5, 5.41) is 19.8. The molecule has 0 aromatic carbocycles. The fourth-order valence-corrected chi connectivity index (χ4v) is 5.10. The fraction of sp³-hybridized carbons (Fsp3) is 0.756. The van der Waals surface area contributed by atoms with Crippen LogP contribution in [0.2, 0.25) is 0 Å². The summed E-state index contributed by atoms with van der Waals surface area (Å²) in [7, 11) is 0. The fourth-order valence-electron chi connectivity index (χ4n) is 5.10. The van der Waals surface area contributed by atoms with Crippen LogP contribution < -0.4 is 0 Å². The highest BCUT2D eigenvalue weighted by atomic mass is 16.6. The van der Waals surface area contributed by atoms with E-state index in [0.717, 1.165) is 70.1 Å². The number of aliphatic hydroxyl groups is 2. The predicted molar refractivity (Wildman–Crippen MR) is 197 cm³/mol. The molecule has 47 heavy (non-hydrogen) atoms. The maximum absolute atomic E-state index is 11.9. The molecule has 2 atom stereocenters. The average molecular weight is 661 g/mol. The summed E-state index contributed by atoms with van der Waals surface area (Å²) in [5.74, 6) is 0.184. The topological polar surface area (TPSA) is 93.1 Å². The number of hydrogen-bond donors (Lipinski definition) is 2. The Bertz CT molecular complexity index is 828. The molecule has 2 N–H and O–H groups in total. The van der Waals surface area contributed by atoms with Gasteiger partial charge in [-0.2, -0.15) is 0 Å². The van der Waals surface area contributed by atoms with Crippen LogP contribution in [0.15, 0.2) is 48.6 Å². The SMILES string of the molecule is CCCC[C@H](O)/C=C\C/C=C\C/C=C\C/C=C\CCCC(=O)OC[C@@H](O)COC(=O)CCCCCCCCCCCCCCC(C)C. The lowest BCUT2D eigenvalue weighted by Crippen LogP contribution is -2.25. The van der Waals surface area contributed by atoms with Gasteiger partial charge in [0.2, 0.25) is 0 Å². The molecule has 0 aliphatic rings. The van der Waals surface area contributed by atoms with E-state index >= 15 is 0 Å². The normalized spacial score (nSPS) is 13.5. The summed E-state index contributed by atoms with van der Waals surface area (Å²) < 4.78 is 10.3. The molecule has 0 heterocycles. The van der Waals surface area contributed by atoms with Gasteiger partial charge in [-0.05, 0) is 50.9 Å². The molecule has 0 radical (unpaired) electrons. The van der Waals surface area contributed by atoms with E-state index in [1.807, 2.05) is 12.2 Å². The maximum Gasteiger partial charge on any atom is 0.305 e. The summed E-state index contributed by atoms with van der Waals surface area (Å²) in [6.07, 6.45) is 39.3. The summed E-state index contributed by atoms with van der Waals surface area (Å²) in [4.78, 5) is 23.9. The molecule has 0 saturated heterocycles. The Labute approximate surface area is 289 Å². The van der Waals surface area contributed by atoms with Crippen molar-refractivity contribution in [3.8, 4) is 0 Å². The summed E-state index contributed by atoms with van der Waals surface area (Å²) in [5.41, 5.74) is 0. The van der Waals surface area contributed by atoms with E-state index in [1.165, 1.54) is 64.2 Å². The van der Waals surface area contributed by atoms with Crippen molar-refractivity contribution in [3.63, 3.8) is 0 Å². The third kappa shape index (κ3) is 36.5. The lowest BCUT2D eigenvalue weighted by atomic mass is 10.0. The van der Waals surface area contributed by atoms with Crippen molar-refractivity contribution < 1.29 is 29.3 Å². The standard InChI is InChI=1S/C41H72O6/c1-4-5-31-38(42)32-27-23-19-15-11-7-9-13-17-21-25-29-34-41(45)47-36-39(43)35-46-40(44)33-28-24-20-16-12-8-6-10-14-18-22-26-30-37(2)3/h7,9,15,17,19,21,27,32,37-39,42-43H,4-6,8,10-14,16,18,20,22-26,28-31,33-36H2,1-3H3/b9-7-,19-15-,21-17-,32-27-/t38-,39-/m0/s1. The molecule has 0 rings (SSSR count). The molecule has 0 aliphatic carbocycles. The smallest absolute Gasteiger partial charge is 0.305 e. The Morgan fingerprint density at radius 1 is 0.553 bits per heavy atom. The Balaban J connectivity index is 3.57. The molecule has 0 spiro atoms. The number of hydrogen-bond acceptors (Lipinski definition) is 6. The van der Waals surface area contributed by atoms with Gasteiger partial charge in [-0.15, -0.1) is 0 Å². The zero-order valence-electron chi connectivity index (χ0n) is 30.6. The molecule has 272 valence electrons. The predicted octanol–water partition coefficient (Wildman–Crippen LogP) is 10.7. The number of unbranched alkanes of at least 4 members (excludes halogenated alkanes) is 13. The van der Waals surface area contributed by atoms with E-state index in [1.54, 1.807) is 0 Å². The zero-order chi connectivity index (χ0) is 34.6. The second-order valence-electron chi connectivity index (χ2n) is 13.3. The summed E-state index contributed by atoms with van der Waals surface area (Å²) in [6, 6.07) is 0. The molecule has 0 bridgehead atoms. The molecule has 0 fully saturated rings. The highest BCUT2D eigenvalue weighted by Gasteiger charge is 2.12. The van der Waals surface area contributed by atoms with Crippen LogP contribution >= 0.6 is 0 Å². The number of esters is 2. The molecular formula is C41H72O6. The number of carbonyl (C=O) groups is 2. The van der Waals surface area contributed by atoms with Crippen LogP contribution in [0, 0.1) is 5.92 Å². The second-order valence-corrected chi connectivity index (χ2v) is 13.3. The highest BCUT2D eigenvalue weighted by molar-refractivity contribution is 5.69. The lowest BCUT2D eigenvalue weighted by Gasteiger charge is -2.12. The van der Waals surface area contributed by atoms with Gasteiger partial charge in [-0.1, -0.05) is 159 Å². The van der Waals surface area contributed by atoms with E-state index in [4.69, 9.17) is 9.47 Å². The third-order valence-electron chi connectivity index (χ3n) is 8.07. The van der Waals surface area contributed by atoms with Gasteiger partial charge in [0.15, 0.2) is 0 Å². The first-order chi connectivity index (χ1) is 22.8. The minimum Gasteiger partial charge on any atom is -0.463 e. The number of ether oxygens (including phenoxy) is 2. The molecule has 0 amide bonds. The Kier molecular flexibility index (Phi) is 33.5. The van der Waals surface area contributed by atoms with E-state index in [2.05, 4.69) is 57.2 Å². The van der Waals surface area contributed by atoms with Crippen molar-refractivity contribution >= 4 is 11.9 Å². The van der Waals surface area contributed by atoms with E-state index in [-0.39, 0.29) is 31.3 Å². The van der Waals surface area contributed by atoms with Gasteiger partial charge in [-0.3, -0.25) is 9.59 Å². The third-order valence-corrected chi connectivity index (χ3v) is 8.07. The molecular weight excluding hydrogens is 588 g/mol. The number of allylic oxidation sites excluding steroid dienone is 7. The highest BCUT2D eigenvalue weighted by Crippen LogP contribution is 2.14. The van der Waals surface area contributed by atoms with Crippen molar-refractivity contribution in [2.45, 2.75) is 181 Å².